The number of rotatable bonds is 6. The zero-order chi connectivity index (χ0) is 19.6. The summed E-state index contributed by atoms with van der Waals surface area (Å²) in [4.78, 5) is 13.1. The van der Waals surface area contributed by atoms with Gasteiger partial charge in [-0.05, 0) is 35.7 Å². The summed E-state index contributed by atoms with van der Waals surface area (Å²) in [5.74, 6) is 0.544. The molecule has 142 valence electrons. The highest BCUT2D eigenvalue weighted by atomic mass is 32.2. The Balaban J connectivity index is 1.79. The predicted octanol–water partition coefficient (Wildman–Crippen LogP) is 3.24. The maximum Gasteiger partial charge on any atom is 0.261 e. The number of ether oxygens (including phenoxy) is 1. The van der Waals surface area contributed by atoms with Crippen LogP contribution in [0.1, 0.15) is 15.2 Å². The highest BCUT2D eigenvalue weighted by Gasteiger charge is 2.15. The van der Waals surface area contributed by atoms with E-state index in [4.69, 9.17) is 4.74 Å². The number of carbonyl (C=O) groups excluding carboxylic acids is 1. The molecule has 27 heavy (non-hydrogen) atoms. The van der Waals surface area contributed by atoms with Crippen LogP contribution in [0.5, 0.6) is 5.75 Å². The number of carbonyl (C=O) groups is 1. The van der Waals surface area contributed by atoms with Crippen molar-refractivity contribution in [3.05, 3.63) is 59.0 Å². The maximum atomic E-state index is 12.5. The number of nitrogens with one attached hydrogen (secondary N) is 1. The normalized spacial score (nSPS) is 11.4. The average molecular weight is 405 g/mol. The van der Waals surface area contributed by atoms with Gasteiger partial charge in [-0.1, -0.05) is 18.2 Å². The van der Waals surface area contributed by atoms with Crippen molar-refractivity contribution >= 4 is 43.0 Å². The Labute approximate surface area is 162 Å². The summed E-state index contributed by atoms with van der Waals surface area (Å²) >= 11 is 1.37. The zero-order valence-corrected chi connectivity index (χ0v) is 16.9. The fourth-order valence-corrected chi connectivity index (χ4v) is 4.10. The van der Waals surface area contributed by atoms with E-state index in [0.717, 1.165) is 27.7 Å². The Hall–Kier alpha value is -2.58. The second-order valence-electron chi connectivity index (χ2n) is 6.06. The molecule has 3 aromatic rings. The van der Waals surface area contributed by atoms with E-state index in [1.54, 1.807) is 25.3 Å². The third-order valence-corrected chi connectivity index (χ3v) is 6.54. The van der Waals surface area contributed by atoms with Gasteiger partial charge in [0.1, 0.15) is 5.75 Å². The molecule has 1 heterocycles. The van der Waals surface area contributed by atoms with Gasteiger partial charge in [-0.2, -0.15) is 0 Å². The molecule has 2 aromatic carbocycles. The van der Waals surface area contributed by atoms with Crippen molar-refractivity contribution < 1.29 is 17.9 Å². The molecule has 3 rings (SSSR count). The molecule has 8 heteroatoms. The van der Waals surface area contributed by atoms with Crippen LogP contribution >= 0.6 is 11.3 Å². The van der Waals surface area contributed by atoms with Gasteiger partial charge in [-0.15, -0.1) is 11.3 Å². The first-order valence-corrected chi connectivity index (χ1v) is 10.8. The number of amides is 1. The molecule has 1 aromatic heterocycles. The highest BCUT2D eigenvalue weighted by molar-refractivity contribution is 7.92. The number of para-hydroxylation sites is 1. The minimum Gasteiger partial charge on any atom is -0.496 e. The quantitative estimate of drug-likeness (QED) is 0.684. The monoisotopic (exact) mass is 404 g/mol. The van der Waals surface area contributed by atoms with Gasteiger partial charge in [0.05, 0.1) is 23.9 Å². The molecule has 1 N–H and O–H groups in total. The van der Waals surface area contributed by atoms with Gasteiger partial charge in [0.15, 0.2) is 0 Å². The van der Waals surface area contributed by atoms with Crippen molar-refractivity contribution in [2.24, 2.45) is 0 Å². The van der Waals surface area contributed by atoms with E-state index in [9.17, 15) is 13.2 Å². The first-order valence-electron chi connectivity index (χ1n) is 8.17. The minimum atomic E-state index is -3.33. The number of hydrogen-bond donors (Lipinski definition) is 1. The molecule has 0 fully saturated rings. The fourth-order valence-electron chi connectivity index (χ4n) is 2.64. The van der Waals surface area contributed by atoms with Crippen LogP contribution < -0.4 is 14.4 Å². The number of anilines is 1. The summed E-state index contributed by atoms with van der Waals surface area (Å²) in [6, 6.07) is 14.6. The Bertz CT molecular complexity index is 1090. The van der Waals surface area contributed by atoms with E-state index in [1.807, 2.05) is 30.3 Å². The lowest BCUT2D eigenvalue weighted by atomic mass is 10.2. The van der Waals surface area contributed by atoms with Crippen LogP contribution in [-0.4, -0.2) is 34.7 Å². The zero-order valence-electron chi connectivity index (χ0n) is 15.2. The second kappa shape index (κ2) is 7.58. The Morgan fingerprint density at radius 1 is 1.19 bits per heavy atom. The summed E-state index contributed by atoms with van der Waals surface area (Å²) in [7, 11) is -0.236. The van der Waals surface area contributed by atoms with Crippen LogP contribution in [0.4, 0.5) is 5.69 Å². The summed E-state index contributed by atoms with van der Waals surface area (Å²) in [5, 5.41) is 3.73. The van der Waals surface area contributed by atoms with Gasteiger partial charge in [-0.25, -0.2) is 8.42 Å². The predicted molar refractivity (Wildman–Crippen MR) is 109 cm³/mol. The van der Waals surface area contributed by atoms with Gasteiger partial charge in [0.2, 0.25) is 10.0 Å². The minimum absolute atomic E-state index is 0.180. The molecule has 0 spiro atoms. The largest absolute Gasteiger partial charge is 0.496 e. The van der Waals surface area contributed by atoms with Crippen molar-refractivity contribution in [2.75, 3.05) is 24.7 Å². The molecule has 0 unspecified atom stereocenters. The molecule has 0 saturated carbocycles. The van der Waals surface area contributed by atoms with E-state index in [0.29, 0.717) is 17.1 Å². The highest BCUT2D eigenvalue weighted by Crippen LogP contribution is 2.30. The molecular weight excluding hydrogens is 384 g/mol. The van der Waals surface area contributed by atoms with E-state index in [-0.39, 0.29) is 5.91 Å². The van der Waals surface area contributed by atoms with Gasteiger partial charge in [0, 0.05) is 23.9 Å². The number of hydrogen-bond acceptors (Lipinski definition) is 5. The molecule has 0 bridgehead atoms. The Kier molecular flexibility index (Phi) is 5.38. The van der Waals surface area contributed by atoms with Crippen LogP contribution in [0.25, 0.3) is 10.1 Å². The fraction of sp³-hybridized carbons (Fsp3) is 0.211. The third-order valence-electron chi connectivity index (χ3n) is 4.22. The Morgan fingerprint density at radius 2 is 1.93 bits per heavy atom. The summed E-state index contributed by atoms with van der Waals surface area (Å²) in [6.45, 7) is 0.360. The van der Waals surface area contributed by atoms with Crippen LogP contribution in [0.2, 0.25) is 0 Å². The lowest BCUT2D eigenvalue weighted by Gasteiger charge is -2.16. The number of sulfonamides is 1. The van der Waals surface area contributed by atoms with Crippen molar-refractivity contribution in [2.45, 2.75) is 6.54 Å². The first-order chi connectivity index (χ1) is 12.8. The SMILES string of the molecule is COc1ccccc1CNC(=O)c1cc2cc(N(C)S(C)(=O)=O)ccc2s1. The lowest BCUT2D eigenvalue weighted by Crippen LogP contribution is -2.24. The lowest BCUT2D eigenvalue weighted by molar-refractivity contribution is 0.0955. The first kappa shape index (κ1) is 19.2. The van der Waals surface area contributed by atoms with Crippen molar-refractivity contribution in [3.63, 3.8) is 0 Å². The van der Waals surface area contributed by atoms with Crippen LogP contribution in [0.15, 0.2) is 48.5 Å². The summed E-state index contributed by atoms with van der Waals surface area (Å²) in [6.07, 6.45) is 1.15. The topological polar surface area (TPSA) is 75.7 Å². The van der Waals surface area contributed by atoms with E-state index >= 15 is 0 Å². The molecule has 1 amide bonds. The molecule has 0 atom stereocenters. The van der Waals surface area contributed by atoms with Crippen molar-refractivity contribution in [1.29, 1.82) is 0 Å². The number of methoxy groups -OCH3 is 1. The standard InChI is InChI=1S/C19H20N2O4S2/c1-21(27(3,23)24)15-8-9-17-14(10-15)11-18(26-17)19(22)20-12-13-6-4-5-7-16(13)25-2/h4-11H,12H2,1-3H3,(H,20,22). The van der Waals surface area contributed by atoms with Crippen LogP contribution in [0.3, 0.4) is 0 Å². The van der Waals surface area contributed by atoms with Gasteiger partial charge in [-0.3, -0.25) is 9.10 Å². The smallest absolute Gasteiger partial charge is 0.261 e. The summed E-state index contributed by atoms with van der Waals surface area (Å²) in [5.41, 5.74) is 1.45. The van der Waals surface area contributed by atoms with Gasteiger partial charge >= 0.3 is 0 Å². The number of fused-ring (bicyclic) bond motifs is 1. The molecule has 0 aliphatic rings. The molecule has 0 aliphatic carbocycles. The Morgan fingerprint density at radius 3 is 2.63 bits per heavy atom. The molecular formula is C19H20N2O4S2. The third kappa shape index (κ3) is 4.23. The molecule has 6 nitrogen and oxygen atoms in total. The molecule has 0 saturated heterocycles. The van der Waals surface area contributed by atoms with Crippen molar-refractivity contribution in [3.8, 4) is 5.75 Å². The average Bonchev–Trinajstić information content (AvgIpc) is 3.08. The van der Waals surface area contributed by atoms with E-state index in [2.05, 4.69) is 5.32 Å². The van der Waals surface area contributed by atoms with Crippen LogP contribution in [0, 0.1) is 0 Å². The molecule has 0 aliphatic heterocycles. The van der Waals surface area contributed by atoms with E-state index in [1.165, 1.54) is 22.7 Å². The van der Waals surface area contributed by atoms with Crippen LogP contribution in [-0.2, 0) is 16.6 Å². The van der Waals surface area contributed by atoms with Gasteiger partial charge in [0.25, 0.3) is 5.91 Å². The number of nitrogens with zero attached hydrogens (tertiary/aromatic N) is 1. The second-order valence-corrected chi connectivity index (χ2v) is 9.16. The molecule has 0 radical (unpaired) electrons. The number of thiophene rings is 1. The van der Waals surface area contributed by atoms with Gasteiger partial charge < -0.3 is 10.1 Å². The number of benzene rings is 2. The summed E-state index contributed by atoms with van der Waals surface area (Å²) < 4.78 is 30.8. The maximum absolute atomic E-state index is 12.5. The van der Waals surface area contributed by atoms with Crippen molar-refractivity contribution in [1.82, 2.24) is 5.32 Å². The van der Waals surface area contributed by atoms with E-state index < -0.39 is 10.0 Å².